The Morgan fingerprint density at radius 3 is 2.35 bits per heavy atom. The van der Waals surface area contributed by atoms with Crippen LogP contribution in [0.4, 0.5) is 0 Å². The number of rotatable bonds is 10. The van der Waals surface area contributed by atoms with Crippen molar-refractivity contribution in [3.05, 3.63) is 29.3 Å². The molecule has 4 N–H and O–H groups in total. The average Bonchev–Trinajstić information content (AvgIpc) is 2.55. The molecule has 0 heterocycles. The van der Waals surface area contributed by atoms with Gasteiger partial charge >= 0.3 is 11.9 Å². The van der Waals surface area contributed by atoms with E-state index in [1.165, 1.54) is 12.1 Å². The van der Waals surface area contributed by atoms with Crippen molar-refractivity contribution in [2.45, 2.75) is 45.3 Å². The molecule has 26 heavy (non-hydrogen) atoms. The fourth-order valence-corrected chi connectivity index (χ4v) is 2.03. The molecule has 0 fully saturated rings. The number of ketones is 1. The average molecular weight is 367 g/mol. The second-order valence-corrected chi connectivity index (χ2v) is 6.93. The van der Waals surface area contributed by atoms with Crippen molar-refractivity contribution >= 4 is 17.7 Å². The third kappa shape index (κ3) is 7.62. The number of hydrogen-bond donors (Lipinski definition) is 4. The van der Waals surface area contributed by atoms with Gasteiger partial charge < -0.3 is 25.4 Å². The lowest BCUT2D eigenvalue weighted by atomic mass is 10.0. The van der Waals surface area contributed by atoms with E-state index in [4.69, 9.17) is 14.9 Å². The summed E-state index contributed by atoms with van der Waals surface area (Å²) in [5.74, 6) is -2.76. The second kappa shape index (κ2) is 9.30. The van der Waals surface area contributed by atoms with Gasteiger partial charge in [-0.15, -0.1) is 0 Å². The first-order valence-electron chi connectivity index (χ1n) is 8.18. The van der Waals surface area contributed by atoms with Crippen molar-refractivity contribution in [2.24, 2.45) is 0 Å². The Morgan fingerprint density at radius 2 is 1.81 bits per heavy atom. The summed E-state index contributed by atoms with van der Waals surface area (Å²) in [5.41, 5.74) is -0.296. The lowest BCUT2D eigenvalue weighted by molar-refractivity contribution is -0.136. The normalized spacial score (nSPS) is 12.5. The minimum atomic E-state index is -1.21. The number of aliphatic hydroxyl groups excluding tert-OH is 1. The minimum Gasteiger partial charge on any atom is -0.490 e. The first kappa shape index (κ1) is 21.6. The Balaban J connectivity index is 2.87. The highest BCUT2D eigenvalue weighted by atomic mass is 16.5. The zero-order valence-electron chi connectivity index (χ0n) is 15.1. The van der Waals surface area contributed by atoms with Gasteiger partial charge in [-0.1, -0.05) is 0 Å². The molecule has 0 aliphatic carbocycles. The number of ether oxygens (including phenoxy) is 1. The summed E-state index contributed by atoms with van der Waals surface area (Å²) in [7, 11) is 0. The van der Waals surface area contributed by atoms with Crippen LogP contribution in [0.15, 0.2) is 18.2 Å². The number of β-amino-alcohol motifs (C(OH)–C–C–N with tert-alkyl or cyclic N) is 1. The molecule has 1 unspecified atom stereocenters. The van der Waals surface area contributed by atoms with E-state index in [2.05, 4.69) is 5.32 Å². The van der Waals surface area contributed by atoms with Gasteiger partial charge in [0.25, 0.3) is 0 Å². The monoisotopic (exact) mass is 367 g/mol. The van der Waals surface area contributed by atoms with Crippen LogP contribution in [0, 0.1) is 0 Å². The molecule has 0 amide bonds. The van der Waals surface area contributed by atoms with Gasteiger partial charge in [-0.3, -0.25) is 9.59 Å². The number of carbonyl (C=O) groups is 3. The highest BCUT2D eigenvalue weighted by molar-refractivity contribution is 6.02. The molecule has 1 aromatic rings. The number of aliphatic carboxylic acids is 1. The molecule has 0 aromatic heterocycles. The number of carboxylic acid groups (broad SMARTS) is 2. The first-order valence-corrected chi connectivity index (χ1v) is 8.18. The summed E-state index contributed by atoms with van der Waals surface area (Å²) in [6.07, 6.45) is -1.48. The van der Waals surface area contributed by atoms with Crippen molar-refractivity contribution < 1.29 is 34.4 Å². The predicted molar refractivity (Wildman–Crippen MR) is 93.9 cm³/mol. The molecule has 0 saturated carbocycles. The topological polar surface area (TPSA) is 133 Å². The van der Waals surface area contributed by atoms with Crippen molar-refractivity contribution in [3.8, 4) is 5.75 Å². The Labute approximate surface area is 151 Å². The summed E-state index contributed by atoms with van der Waals surface area (Å²) in [5, 5.41) is 30.9. The number of aromatic carboxylic acids is 1. The van der Waals surface area contributed by atoms with E-state index in [1.807, 2.05) is 20.8 Å². The highest BCUT2D eigenvalue weighted by Crippen LogP contribution is 2.23. The lowest BCUT2D eigenvalue weighted by Crippen LogP contribution is -2.42. The van der Waals surface area contributed by atoms with E-state index in [0.29, 0.717) is 0 Å². The van der Waals surface area contributed by atoms with Crippen LogP contribution in [0.1, 0.15) is 54.3 Å². The van der Waals surface area contributed by atoms with Crippen LogP contribution in [-0.4, -0.2) is 57.8 Å². The maximum Gasteiger partial charge on any atom is 0.335 e. The molecule has 144 valence electrons. The quantitative estimate of drug-likeness (QED) is 0.458. The molecule has 1 aromatic carbocycles. The molecule has 8 heteroatoms. The van der Waals surface area contributed by atoms with Gasteiger partial charge in [-0.05, 0) is 39.0 Å². The van der Waals surface area contributed by atoms with Crippen LogP contribution < -0.4 is 10.1 Å². The van der Waals surface area contributed by atoms with Gasteiger partial charge in [0.15, 0.2) is 5.78 Å². The first-order chi connectivity index (χ1) is 12.0. The molecule has 0 radical (unpaired) electrons. The molecule has 1 rings (SSSR count). The number of aliphatic hydroxyl groups is 1. The largest absolute Gasteiger partial charge is 0.490 e. The molecule has 0 aliphatic rings. The van der Waals surface area contributed by atoms with Gasteiger partial charge in [0.1, 0.15) is 18.5 Å². The number of carboxylic acids is 2. The van der Waals surface area contributed by atoms with E-state index in [1.54, 1.807) is 0 Å². The summed E-state index contributed by atoms with van der Waals surface area (Å²) in [6, 6.07) is 3.77. The van der Waals surface area contributed by atoms with Gasteiger partial charge in [0.2, 0.25) is 0 Å². The maximum atomic E-state index is 12.2. The minimum absolute atomic E-state index is 0.0119. The number of nitrogens with one attached hydrogen (secondary N) is 1. The van der Waals surface area contributed by atoms with Gasteiger partial charge in [-0.25, -0.2) is 4.79 Å². The fourth-order valence-electron chi connectivity index (χ4n) is 2.03. The van der Waals surface area contributed by atoms with Crippen LogP contribution in [0.2, 0.25) is 0 Å². The molecule has 8 nitrogen and oxygen atoms in total. The summed E-state index contributed by atoms with van der Waals surface area (Å²) in [4.78, 5) is 34.0. The summed E-state index contributed by atoms with van der Waals surface area (Å²) < 4.78 is 5.48. The lowest BCUT2D eigenvalue weighted by Gasteiger charge is -2.23. The Bertz CT molecular complexity index is 664. The van der Waals surface area contributed by atoms with E-state index in [9.17, 15) is 19.5 Å². The summed E-state index contributed by atoms with van der Waals surface area (Å²) in [6.45, 7) is 6.02. The molecular formula is C18H25NO7. The number of carbonyl (C=O) groups excluding carboxylic acids is 1. The van der Waals surface area contributed by atoms with Crippen LogP contribution in [0.3, 0.4) is 0 Å². The van der Waals surface area contributed by atoms with Crippen molar-refractivity contribution in [1.29, 1.82) is 0 Å². The molecular weight excluding hydrogens is 342 g/mol. The van der Waals surface area contributed by atoms with Crippen LogP contribution in [0.5, 0.6) is 5.75 Å². The maximum absolute atomic E-state index is 12.2. The second-order valence-electron chi connectivity index (χ2n) is 6.93. The van der Waals surface area contributed by atoms with Gasteiger partial charge in [0, 0.05) is 18.5 Å². The zero-order chi connectivity index (χ0) is 19.9. The van der Waals surface area contributed by atoms with Crippen LogP contribution >= 0.6 is 0 Å². The van der Waals surface area contributed by atoms with Crippen LogP contribution in [0.25, 0.3) is 0 Å². The molecule has 0 spiro atoms. The molecule has 0 aliphatic heterocycles. The van der Waals surface area contributed by atoms with Crippen molar-refractivity contribution in [1.82, 2.24) is 5.32 Å². The molecule has 1 atom stereocenters. The number of hydrogen-bond acceptors (Lipinski definition) is 6. The SMILES string of the molecule is CC(C)(C)NCC(O)COc1ccc(C(=O)O)cc1C(=O)CCC(=O)O. The summed E-state index contributed by atoms with van der Waals surface area (Å²) >= 11 is 0. The van der Waals surface area contributed by atoms with Crippen LogP contribution in [-0.2, 0) is 4.79 Å². The predicted octanol–water partition coefficient (Wildman–Crippen LogP) is 1.56. The van der Waals surface area contributed by atoms with E-state index in [0.717, 1.165) is 6.07 Å². The zero-order valence-corrected chi connectivity index (χ0v) is 15.1. The molecule has 0 saturated heterocycles. The Hall–Kier alpha value is -2.45. The van der Waals surface area contributed by atoms with Gasteiger partial charge in [-0.2, -0.15) is 0 Å². The third-order valence-corrected chi connectivity index (χ3v) is 3.39. The van der Waals surface area contributed by atoms with Gasteiger partial charge in [0.05, 0.1) is 17.5 Å². The standard InChI is InChI=1S/C18H25NO7/c1-18(2,3)19-9-12(20)10-26-15-6-4-11(17(24)25)8-13(15)14(21)5-7-16(22)23/h4,6,8,12,19-20H,5,7,9-10H2,1-3H3,(H,22,23)(H,24,25). The Kier molecular flexibility index (Phi) is 7.73. The Morgan fingerprint density at radius 1 is 1.15 bits per heavy atom. The fraction of sp³-hybridized carbons (Fsp3) is 0.500. The number of benzene rings is 1. The van der Waals surface area contributed by atoms with E-state index >= 15 is 0 Å². The van der Waals surface area contributed by atoms with Crippen molar-refractivity contribution in [3.63, 3.8) is 0 Å². The van der Waals surface area contributed by atoms with E-state index < -0.39 is 23.8 Å². The third-order valence-electron chi connectivity index (χ3n) is 3.39. The highest BCUT2D eigenvalue weighted by Gasteiger charge is 2.18. The van der Waals surface area contributed by atoms with Crippen molar-refractivity contribution in [2.75, 3.05) is 13.2 Å². The number of Topliss-reactive ketones (excluding diaryl/α,β-unsaturated/α-hetero) is 1. The smallest absolute Gasteiger partial charge is 0.335 e. The molecule has 0 bridgehead atoms. The van der Waals surface area contributed by atoms with E-state index in [-0.39, 0.29) is 48.4 Å².